The van der Waals surface area contributed by atoms with Gasteiger partial charge in [0.05, 0.1) is 5.75 Å². The number of amides is 2. The Balaban J connectivity index is 2.07. The first kappa shape index (κ1) is 25.5. The highest BCUT2D eigenvalue weighted by Crippen LogP contribution is 2.25. The lowest BCUT2D eigenvalue weighted by Gasteiger charge is -2.29. The first-order valence-electron chi connectivity index (χ1n) is 10.2. The van der Waals surface area contributed by atoms with Crippen molar-refractivity contribution in [2.45, 2.75) is 45.0 Å². The van der Waals surface area contributed by atoms with Crippen molar-refractivity contribution in [2.24, 2.45) is 0 Å². The minimum Gasteiger partial charge on any atom is -0.354 e. The highest BCUT2D eigenvalue weighted by atomic mass is 35.5. The maximum Gasteiger partial charge on any atom is 0.242 e. The molecule has 0 aliphatic heterocycles. The molecule has 2 aromatic rings. The summed E-state index contributed by atoms with van der Waals surface area (Å²) in [7, 11) is 0. The third-order valence-electron chi connectivity index (χ3n) is 4.79. The Morgan fingerprint density at radius 1 is 1.16 bits per heavy atom. The average molecular weight is 485 g/mol. The smallest absolute Gasteiger partial charge is 0.242 e. The van der Waals surface area contributed by atoms with Gasteiger partial charge < -0.3 is 10.2 Å². The number of carbonyl (C=O) groups excluding carboxylic acids is 2. The molecule has 2 rings (SSSR count). The van der Waals surface area contributed by atoms with Crippen LogP contribution < -0.4 is 5.32 Å². The van der Waals surface area contributed by atoms with Crippen molar-refractivity contribution >= 4 is 46.8 Å². The predicted octanol–water partition coefficient (Wildman–Crippen LogP) is 5.70. The van der Waals surface area contributed by atoms with Gasteiger partial charge in [-0.1, -0.05) is 60.8 Å². The molecule has 0 aliphatic carbocycles. The van der Waals surface area contributed by atoms with E-state index in [9.17, 15) is 14.0 Å². The van der Waals surface area contributed by atoms with E-state index in [1.54, 1.807) is 37.3 Å². The van der Waals surface area contributed by atoms with Gasteiger partial charge >= 0.3 is 0 Å². The van der Waals surface area contributed by atoms with Crippen molar-refractivity contribution in [1.29, 1.82) is 0 Å². The van der Waals surface area contributed by atoms with Gasteiger partial charge in [-0.15, -0.1) is 11.8 Å². The molecular weight excluding hydrogens is 458 g/mol. The highest BCUT2D eigenvalue weighted by molar-refractivity contribution is 7.99. The summed E-state index contributed by atoms with van der Waals surface area (Å²) in [5, 5.41) is 3.94. The van der Waals surface area contributed by atoms with E-state index in [0.717, 1.165) is 18.4 Å². The van der Waals surface area contributed by atoms with Crippen LogP contribution in [0.15, 0.2) is 42.5 Å². The molecule has 0 unspecified atom stereocenters. The molecule has 1 N–H and O–H groups in total. The summed E-state index contributed by atoms with van der Waals surface area (Å²) in [6, 6.07) is 10.8. The Morgan fingerprint density at radius 2 is 1.90 bits per heavy atom. The van der Waals surface area contributed by atoms with E-state index in [2.05, 4.69) is 5.32 Å². The SMILES string of the molecule is CCCCNC(=O)[C@@H](C)N(Cc1ccccc1F)C(=O)CSCc1ccc(Cl)cc1Cl. The van der Waals surface area contributed by atoms with Crippen LogP contribution in [0.4, 0.5) is 4.39 Å². The second-order valence-corrected chi connectivity index (χ2v) is 8.99. The number of hydrogen-bond donors (Lipinski definition) is 1. The zero-order valence-electron chi connectivity index (χ0n) is 17.7. The standard InChI is InChI=1S/C23H27Cl2FN2O2S/c1-3-4-11-27-23(30)16(2)28(13-17-7-5-6-8-21(17)26)22(29)15-31-14-18-9-10-19(24)12-20(18)25/h5-10,12,16H,3-4,11,13-15H2,1-2H3,(H,27,30)/t16-/m1/s1. The molecule has 0 saturated carbocycles. The molecule has 0 spiro atoms. The highest BCUT2D eigenvalue weighted by Gasteiger charge is 2.26. The molecule has 0 fully saturated rings. The first-order chi connectivity index (χ1) is 14.8. The fourth-order valence-corrected chi connectivity index (χ4v) is 4.37. The summed E-state index contributed by atoms with van der Waals surface area (Å²) < 4.78 is 14.2. The molecule has 0 aromatic heterocycles. The first-order valence-corrected chi connectivity index (χ1v) is 12.1. The monoisotopic (exact) mass is 484 g/mol. The molecule has 0 heterocycles. The molecule has 1 atom stereocenters. The molecule has 4 nitrogen and oxygen atoms in total. The second-order valence-electron chi connectivity index (χ2n) is 7.16. The number of rotatable bonds is 11. The Labute approximate surface area is 197 Å². The topological polar surface area (TPSA) is 49.4 Å². The Morgan fingerprint density at radius 3 is 2.58 bits per heavy atom. The van der Waals surface area contributed by atoms with E-state index in [-0.39, 0.29) is 24.1 Å². The van der Waals surface area contributed by atoms with E-state index in [4.69, 9.17) is 23.2 Å². The van der Waals surface area contributed by atoms with Gasteiger partial charge in [0.25, 0.3) is 0 Å². The lowest BCUT2D eigenvalue weighted by molar-refractivity contribution is -0.138. The third-order valence-corrected chi connectivity index (χ3v) is 6.35. The summed E-state index contributed by atoms with van der Waals surface area (Å²) in [5.41, 5.74) is 1.24. The van der Waals surface area contributed by atoms with Crippen LogP contribution in [-0.2, 0) is 21.9 Å². The Bertz CT molecular complexity index is 898. The van der Waals surface area contributed by atoms with Crippen molar-refractivity contribution in [3.8, 4) is 0 Å². The van der Waals surface area contributed by atoms with E-state index >= 15 is 0 Å². The summed E-state index contributed by atoms with van der Waals surface area (Å²) in [4.78, 5) is 27.0. The van der Waals surface area contributed by atoms with Gasteiger partial charge in [0.1, 0.15) is 11.9 Å². The van der Waals surface area contributed by atoms with Crippen molar-refractivity contribution in [2.75, 3.05) is 12.3 Å². The van der Waals surface area contributed by atoms with Gasteiger partial charge in [-0.05, 0) is 37.1 Å². The average Bonchev–Trinajstić information content (AvgIpc) is 2.74. The fourth-order valence-electron chi connectivity index (χ4n) is 2.90. The minimum atomic E-state index is -0.719. The molecule has 0 radical (unpaired) electrons. The second kappa shape index (κ2) is 12.9. The van der Waals surface area contributed by atoms with Crippen LogP contribution in [0.1, 0.15) is 37.8 Å². The normalized spacial score (nSPS) is 11.8. The Hall–Kier alpha value is -1.76. The van der Waals surface area contributed by atoms with Crippen LogP contribution in [0.3, 0.4) is 0 Å². The zero-order chi connectivity index (χ0) is 22.8. The van der Waals surface area contributed by atoms with Gasteiger partial charge in [0.15, 0.2) is 0 Å². The molecule has 2 amide bonds. The molecule has 168 valence electrons. The van der Waals surface area contributed by atoms with Gasteiger partial charge in [0.2, 0.25) is 11.8 Å². The van der Waals surface area contributed by atoms with Crippen LogP contribution >= 0.6 is 35.0 Å². The number of thioether (sulfide) groups is 1. The number of halogens is 3. The lowest BCUT2D eigenvalue weighted by Crippen LogP contribution is -2.48. The van der Waals surface area contributed by atoms with E-state index in [1.165, 1.54) is 22.7 Å². The maximum atomic E-state index is 14.2. The van der Waals surface area contributed by atoms with Gasteiger partial charge in [0, 0.05) is 34.5 Å². The number of unbranched alkanes of at least 4 members (excludes halogenated alkanes) is 1. The molecule has 0 saturated heterocycles. The fraction of sp³-hybridized carbons (Fsp3) is 0.391. The molecule has 31 heavy (non-hydrogen) atoms. The van der Waals surface area contributed by atoms with E-state index in [0.29, 0.717) is 27.9 Å². The molecule has 8 heteroatoms. The summed E-state index contributed by atoms with van der Waals surface area (Å²) >= 11 is 13.5. The van der Waals surface area contributed by atoms with Crippen molar-refractivity contribution < 1.29 is 14.0 Å². The van der Waals surface area contributed by atoms with E-state index < -0.39 is 11.9 Å². The molecule has 0 aliphatic rings. The van der Waals surface area contributed by atoms with Crippen LogP contribution in [-0.4, -0.2) is 35.1 Å². The number of hydrogen-bond acceptors (Lipinski definition) is 3. The zero-order valence-corrected chi connectivity index (χ0v) is 20.0. The van der Waals surface area contributed by atoms with Crippen LogP contribution in [0.2, 0.25) is 10.0 Å². The number of carbonyl (C=O) groups is 2. The molecular formula is C23H27Cl2FN2O2S. The summed E-state index contributed by atoms with van der Waals surface area (Å²) in [6.45, 7) is 4.27. The molecule has 0 bridgehead atoms. The maximum absolute atomic E-state index is 14.2. The van der Waals surface area contributed by atoms with Gasteiger partial charge in [-0.3, -0.25) is 9.59 Å². The van der Waals surface area contributed by atoms with Gasteiger partial charge in [-0.25, -0.2) is 4.39 Å². The quantitative estimate of drug-likeness (QED) is 0.416. The molecule has 2 aromatic carbocycles. The van der Waals surface area contributed by atoms with Gasteiger partial charge in [-0.2, -0.15) is 0 Å². The lowest BCUT2D eigenvalue weighted by atomic mass is 10.1. The van der Waals surface area contributed by atoms with Crippen molar-refractivity contribution in [3.05, 3.63) is 69.5 Å². The summed E-state index contributed by atoms with van der Waals surface area (Å²) in [6.07, 6.45) is 1.81. The van der Waals surface area contributed by atoms with Crippen molar-refractivity contribution in [1.82, 2.24) is 10.2 Å². The summed E-state index contributed by atoms with van der Waals surface area (Å²) in [5.74, 6) is -0.230. The van der Waals surface area contributed by atoms with Crippen LogP contribution in [0.5, 0.6) is 0 Å². The minimum absolute atomic E-state index is 0.0239. The van der Waals surface area contributed by atoms with Crippen LogP contribution in [0.25, 0.3) is 0 Å². The van der Waals surface area contributed by atoms with E-state index in [1.807, 2.05) is 13.0 Å². The third kappa shape index (κ3) is 8.02. The number of benzene rings is 2. The number of nitrogens with one attached hydrogen (secondary N) is 1. The predicted molar refractivity (Wildman–Crippen MR) is 127 cm³/mol. The Kier molecular flexibility index (Phi) is 10.6. The number of nitrogens with zero attached hydrogens (tertiary/aromatic N) is 1. The largest absolute Gasteiger partial charge is 0.354 e. The van der Waals surface area contributed by atoms with Crippen LogP contribution in [0, 0.1) is 5.82 Å². The van der Waals surface area contributed by atoms with Crippen molar-refractivity contribution in [3.63, 3.8) is 0 Å².